The highest BCUT2D eigenvalue weighted by Crippen LogP contribution is 2.35. The van der Waals surface area contributed by atoms with E-state index >= 15 is 0 Å². The number of rotatable bonds is 4. The number of anilines is 2. The molecule has 0 spiro atoms. The summed E-state index contributed by atoms with van der Waals surface area (Å²) in [5.74, 6) is -0.496. The van der Waals surface area contributed by atoms with Crippen molar-refractivity contribution in [3.63, 3.8) is 0 Å². The van der Waals surface area contributed by atoms with Crippen LogP contribution in [0.1, 0.15) is 6.42 Å². The van der Waals surface area contributed by atoms with E-state index < -0.39 is 5.92 Å². The maximum atomic E-state index is 12.5. The minimum absolute atomic E-state index is 0.0372. The van der Waals surface area contributed by atoms with Crippen LogP contribution in [0, 0.1) is 5.92 Å². The van der Waals surface area contributed by atoms with Crippen LogP contribution < -0.4 is 15.0 Å². The predicted octanol–water partition coefficient (Wildman–Crippen LogP) is 3.70. The summed E-state index contributed by atoms with van der Waals surface area (Å²) in [6, 6.07) is 9.87. The Labute approximate surface area is 160 Å². The highest BCUT2D eigenvalue weighted by Gasteiger charge is 2.35. The van der Waals surface area contributed by atoms with Crippen LogP contribution in [0.5, 0.6) is 11.5 Å². The number of nitrogens with zero attached hydrogens (tertiary/aromatic N) is 1. The lowest BCUT2D eigenvalue weighted by atomic mass is 10.1. The molecule has 2 amide bonds. The van der Waals surface area contributed by atoms with Gasteiger partial charge in [0.2, 0.25) is 11.8 Å². The second kappa shape index (κ2) is 7.43. The third-order valence-corrected chi connectivity index (χ3v) is 4.74. The van der Waals surface area contributed by atoms with Gasteiger partial charge in [-0.15, -0.1) is 0 Å². The summed E-state index contributed by atoms with van der Waals surface area (Å²) in [5.41, 5.74) is 1.07. The first-order chi connectivity index (χ1) is 12.4. The standard InChI is InChI=1S/C18H16Cl2N2O4/c1-26-13-4-2-12(3-5-13)22-9-10(6-16(22)23)18(25)21-11-7-14(19)17(24)15(20)8-11/h2-5,7-8,10,24H,6,9H2,1H3,(H,21,25). The van der Waals surface area contributed by atoms with Gasteiger partial charge < -0.3 is 20.1 Å². The van der Waals surface area contributed by atoms with Crippen LogP contribution in [0.25, 0.3) is 0 Å². The fraction of sp³-hybridized carbons (Fsp3) is 0.222. The Kier molecular flexibility index (Phi) is 5.25. The number of hydrogen-bond donors (Lipinski definition) is 2. The molecular formula is C18H16Cl2N2O4. The fourth-order valence-corrected chi connectivity index (χ4v) is 3.26. The molecule has 8 heteroatoms. The Morgan fingerprint density at radius 3 is 2.42 bits per heavy atom. The van der Waals surface area contributed by atoms with Gasteiger partial charge in [-0.25, -0.2) is 0 Å². The van der Waals surface area contributed by atoms with Crippen LogP contribution in [0.3, 0.4) is 0 Å². The summed E-state index contributed by atoms with van der Waals surface area (Å²) >= 11 is 11.7. The van der Waals surface area contributed by atoms with E-state index in [0.29, 0.717) is 17.1 Å². The third-order valence-electron chi connectivity index (χ3n) is 4.16. The molecule has 0 aromatic heterocycles. The molecule has 1 atom stereocenters. The van der Waals surface area contributed by atoms with Gasteiger partial charge in [-0.05, 0) is 36.4 Å². The molecule has 0 bridgehead atoms. The van der Waals surface area contributed by atoms with Gasteiger partial charge in [-0.3, -0.25) is 9.59 Å². The van der Waals surface area contributed by atoms with Crippen molar-refractivity contribution in [3.8, 4) is 11.5 Å². The quantitative estimate of drug-likeness (QED) is 0.774. The zero-order chi connectivity index (χ0) is 18.8. The summed E-state index contributed by atoms with van der Waals surface area (Å²) < 4.78 is 5.11. The van der Waals surface area contributed by atoms with Gasteiger partial charge in [-0.2, -0.15) is 0 Å². The number of benzene rings is 2. The average molecular weight is 395 g/mol. The Hall–Kier alpha value is -2.44. The molecule has 136 valence electrons. The smallest absolute Gasteiger partial charge is 0.229 e. The Bertz CT molecular complexity index is 832. The molecule has 1 unspecified atom stereocenters. The van der Waals surface area contributed by atoms with Gasteiger partial charge in [0, 0.05) is 24.3 Å². The summed E-state index contributed by atoms with van der Waals surface area (Å²) in [6.45, 7) is 0.274. The van der Waals surface area contributed by atoms with Crippen molar-refractivity contribution < 1.29 is 19.4 Å². The first kappa shape index (κ1) is 18.4. The summed E-state index contributed by atoms with van der Waals surface area (Å²) in [6.07, 6.45) is 0.109. The van der Waals surface area contributed by atoms with E-state index in [-0.39, 0.29) is 40.6 Å². The Morgan fingerprint density at radius 1 is 1.23 bits per heavy atom. The van der Waals surface area contributed by atoms with Crippen molar-refractivity contribution in [2.24, 2.45) is 5.92 Å². The van der Waals surface area contributed by atoms with Gasteiger partial charge in [0.25, 0.3) is 0 Å². The lowest BCUT2D eigenvalue weighted by molar-refractivity contribution is -0.122. The van der Waals surface area contributed by atoms with E-state index in [1.54, 1.807) is 36.3 Å². The number of methoxy groups -OCH3 is 1. The maximum absolute atomic E-state index is 12.5. The van der Waals surface area contributed by atoms with Crippen LogP contribution >= 0.6 is 23.2 Å². The molecule has 6 nitrogen and oxygen atoms in total. The molecule has 26 heavy (non-hydrogen) atoms. The van der Waals surface area contributed by atoms with Crippen molar-refractivity contribution in [3.05, 3.63) is 46.4 Å². The van der Waals surface area contributed by atoms with Crippen LogP contribution in [0.2, 0.25) is 10.0 Å². The van der Waals surface area contributed by atoms with E-state index in [9.17, 15) is 14.7 Å². The van der Waals surface area contributed by atoms with Crippen molar-refractivity contribution in [2.45, 2.75) is 6.42 Å². The number of ether oxygens (including phenoxy) is 1. The minimum atomic E-state index is -0.504. The van der Waals surface area contributed by atoms with E-state index in [0.717, 1.165) is 0 Å². The van der Waals surface area contributed by atoms with Crippen LogP contribution in [0.4, 0.5) is 11.4 Å². The average Bonchev–Trinajstić information content (AvgIpc) is 3.01. The second-order valence-corrected chi connectivity index (χ2v) is 6.70. The van der Waals surface area contributed by atoms with Gasteiger partial charge in [0.05, 0.1) is 23.1 Å². The van der Waals surface area contributed by atoms with Crippen molar-refractivity contribution in [1.82, 2.24) is 0 Å². The molecule has 3 rings (SSSR count). The lowest BCUT2D eigenvalue weighted by Gasteiger charge is -2.17. The molecule has 1 heterocycles. The van der Waals surface area contributed by atoms with Crippen molar-refractivity contribution in [2.75, 3.05) is 23.9 Å². The summed E-state index contributed by atoms with van der Waals surface area (Å²) in [4.78, 5) is 26.3. The molecule has 2 aromatic carbocycles. The monoisotopic (exact) mass is 394 g/mol. The normalized spacial score (nSPS) is 16.7. The van der Waals surface area contributed by atoms with Gasteiger partial charge in [0.15, 0.2) is 5.75 Å². The van der Waals surface area contributed by atoms with Gasteiger partial charge >= 0.3 is 0 Å². The molecule has 1 fully saturated rings. The first-order valence-corrected chi connectivity index (χ1v) is 8.58. The molecule has 0 saturated carbocycles. The number of halogens is 2. The number of carbonyl (C=O) groups is 2. The summed E-state index contributed by atoms with van der Waals surface area (Å²) in [7, 11) is 1.57. The number of phenolic OH excluding ortho intramolecular Hbond substituents is 1. The van der Waals surface area contributed by atoms with E-state index in [1.807, 2.05) is 0 Å². The number of hydrogen-bond acceptors (Lipinski definition) is 4. The van der Waals surface area contributed by atoms with Crippen LogP contribution in [0.15, 0.2) is 36.4 Å². The SMILES string of the molecule is COc1ccc(N2CC(C(=O)Nc3cc(Cl)c(O)c(Cl)c3)CC2=O)cc1. The van der Waals surface area contributed by atoms with E-state index in [2.05, 4.69) is 5.32 Å². The predicted molar refractivity (Wildman–Crippen MR) is 100 cm³/mol. The zero-order valence-corrected chi connectivity index (χ0v) is 15.3. The fourth-order valence-electron chi connectivity index (χ4n) is 2.78. The molecular weight excluding hydrogens is 379 g/mol. The molecule has 0 aliphatic carbocycles. The Morgan fingerprint density at radius 2 is 1.85 bits per heavy atom. The topological polar surface area (TPSA) is 78.9 Å². The van der Waals surface area contributed by atoms with E-state index in [4.69, 9.17) is 27.9 Å². The first-order valence-electron chi connectivity index (χ1n) is 7.82. The van der Waals surface area contributed by atoms with Gasteiger partial charge in [-0.1, -0.05) is 23.2 Å². The highest BCUT2D eigenvalue weighted by molar-refractivity contribution is 6.37. The highest BCUT2D eigenvalue weighted by atomic mass is 35.5. The maximum Gasteiger partial charge on any atom is 0.229 e. The number of nitrogens with one attached hydrogen (secondary N) is 1. The minimum Gasteiger partial charge on any atom is -0.505 e. The number of phenols is 1. The number of aromatic hydroxyl groups is 1. The number of amides is 2. The summed E-state index contributed by atoms with van der Waals surface area (Å²) in [5, 5.41) is 12.3. The molecule has 1 aliphatic rings. The van der Waals surface area contributed by atoms with Crippen LogP contribution in [-0.4, -0.2) is 30.6 Å². The number of carbonyl (C=O) groups excluding carboxylic acids is 2. The van der Waals surface area contributed by atoms with Crippen molar-refractivity contribution >= 4 is 46.4 Å². The Balaban J connectivity index is 1.70. The molecule has 0 radical (unpaired) electrons. The van der Waals surface area contributed by atoms with E-state index in [1.165, 1.54) is 12.1 Å². The van der Waals surface area contributed by atoms with Crippen molar-refractivity contribution in [1.29, 1.82) is 0 Å². The third kappa shape index (κ3) is 3.71. The molecule has 2 aromatic rings. The molecule has 1 saturated heterocycles. The second-order valence-electron chi connectivity index (χ2n) is 5.88. The molecule has 1 aliphatic heterocycles. The zero-order valence-electron chi connectivity index (χ0n) is 13.8. The largest absolute Gasteiger partial charge is 0.505 e. The van der Waals surface area contributed by atoms with Crippen LogP contribution in [-0.2, 0) is 9.59 Å². The van der Waals surface area contributed by atoms with Gasteiger partial charge in [0.1, 0.15) is 5.75 Å². The molecule has 2 N–H and O–H groups in total. The lowest BCUT2D eigenvalue weighted by Crippen LogP contribution is -2.28.